The summed E-state index contributed by atoms with van der Waals surface area (Å²) < 4.78 is 5.21. The molecule has 0 aliphatic carbocycles. The zero-order chi connectivity index (χ0) is 35.4. The van der Waals surface area contributed by atoms with Crippen molar-refractivity contribution in [2.45, 2.75) is 58.1 Å². The van der Waals surface area contributed by atoms with Gasteiger partial charge in [0, 0.05) is 68.5 Å². The summed E-state index contributed by atoms with van der Waals surface area (Å²) in [5.74, 6) is 2.82. The lowest BCUT2D eigenvalue weighted by atomic mass is 10.1. The molecular weight excluding hydrogens is 651 g/mol. The Morgan fingerprint density at radius 2 is 1.62 bits per heavy atom. The monoisotopic (exact) mass is 698 g/mol. The highest BCUT2D eigenvalue weighted by molar-refractivity contribution is 8.76. The molecule has 5 N–H and O–H groups in total. The number of hydrogen-bond donors (Lipinski definition) is 5. The second-order valence-electron chi connectivity index (χ2n) is 11.8. The first-order valence-corrected chi connectivity index (χ1v) is 18.2. The average molecular weight is 699 g/mol. The Balaban J connectivity index is 1.64. The number of hydrogen-bond acceptors (Lipinski definition) is 9. The van der Waals surface area contributed by atoms with E-state index >= 15 is 0 Å². The van der Waals surface area contributed by atoms with E-state index in [1.54, 1.807) is 55.8 Å². The molecule has 0 radical (unpaired) electrons. The molecule has 1 unspecified atom stereocenters. The first-order valence-electron chi connectivity index (χ1n) is 15.7. The number of unbranched alkanes of at least 4 members (excludes halogenated alkanes) is 1. The SMILES string of the molecule is C#CCNC(=O)C(CCCCNC(=O)OC(C)(C)C)NC(=O)CCSSCCNC(=O)c1ccc([NH+]=Nc2ccc(N(C)C)cc2)cc1. The van der Waals surface area contributed by atoms with Gasteiger partial charge in [0.1, 0.15) is 17.3 Å². The highest BCUT2D eigenvalue weighted by Crippen LogP contribution is 2.21. The molecule has 0 saturated carbocycles. The summed E-state index contributed by atoms with van der Waals surface area (Å²) in [6.07, 6.45) is 6.61. The van der Waals surface area contributed by atoms with E-state index in [0.29, 0.717) is 49.4 Å². The third-order valence-corrected chi connectivity index (χ3v) is 8.81. The molecule has 0 saturated heterocycles. The van der Waals surface area contributed by atoms with Crippen molar-refractivity contribution in [3.05, 3.63) is 54.1 Å². The van der Waals surface area contributed by atoms with Crippen LogP contribution in [0.15, 0.2) is 53.6 Å². The minimum Gasteiger partial charge on any atom is -0.444 e. The maximum atomic E-state index is 12.6. The Bertz CT molecular complexity index is 1390. The van der Waals surface area contributed by atoms with Crippen molar-refractivity contribution >= 4 is 62.5 Å². The Kier molecular flexibility index (Phi) is 18.0. The fraction of sp³-hybridized carbons (Fsp3) is 0.471. The number of terminal acetylenes is 1. The number of nitrogens with one attached hydrogen (secondary N) is 5. The number of benzene rings is 2. The number of azo groups is 1. The van der Waals surface area contributed by atoms with Gasteiger partial charge in [-0.05, 0) is 81.5 Å². The second kappa shape index (κ2) is 21.6. The van der Waals surface area contributed by atoms with Gasteiger partial charge in [-0.2, -0.15) is 0 Å². The number of alkyl carbamates (subject to hydrolysis) is 1. The molecule has 0 fully saturated rings. The molecule has 260 valence electrons. The standard InChI is InChI=1S/C34H47N7O5S2/c1-7-20-35-32(44)29(10-8-9-21-37-33(45)46-34(2,3)4)38-30(42)19-23-47-48-24-22-36-31(43)25-11-13-26(14-12-25)39-40-27-15-17-28(18-16-27)41(5)6/h1,11-18,29H,8-10,19-24H2,2-6H3,(H,35,44)(H,36,43)(H,37,45)(H,38,42)/p+1. The zero-order valence-corrected chi connectivity index (χ0v) is 30.0. The minimum absolute atomic E-state index is 0.0697. The van der Waals surface area contributed by atoms with Gasteiger partial charge in [-0.3, -0.25) is 14.4 Å². The lowest BCUT2D eigenvalue weighted by Crippen LogP contribution is -2.57. The molecular formula is C34H48N7O5S2+. The predicted molar refractivity (Wildman–Crippen MR) is 194 cm³/mol. The minimum atomic E-state index is -0.722. The van der Waals surface area contributed by atoms with Crippen LogP contribution in [-0.2, 0) is 14.3 Å². The van der Waals surface area contributed by atoms with Crippen molar-refractivity contribution in [2.75, 3.05) is 50.1 Å². The van der Waals surface area contributed by atoms with Gasteiger partial charge < -0.3 is 30.9 Å². The van der Waals surface area contributed by atoms with Crippen molar-refractivity contribution in [3.8, 4) is 12.3 Å². The van der Waals surface area contributed by atoms with Crippen LogP contribution in [0.5, 0.6) is 0 Å². The Labute approximate surface area is 291 Å². The summed E-state index contributed by atoms with van der Waals surface area (Å²) in [7, 11) is 7.04. The maximum absolute atomic E-state index is 12.6. The van der Waals surface area contributed by atoms with E-state index in [9.17, 15) is 19.2 Å². The van der Waals surface area contributed by atoms with Gasteiger partial charge in [-0.1, -0.05) is 32.6 Å². The first kappa shape index (κ1) is 40.0. The fourth-order valence-electron chi connectivity index (χ4n) is 3.99. The molecule has 12 nitrogen and oxygen atoms in total. The van der Waals surface area contributed by atoms with E-state index in [2.05, 4.69) is 37.4 Å². The molecule has 0 heterocycles. The fourth-order valence-corrected chi connectivity index (χ4v) is 5.88. The van der Waals surface area contributed by atoms with Crippen molar-refractivity contribution in [1.29, 1.82) is 0 Å². The zero-order valence-electron chi connectivity index (χ0n) is 28.4. The van der Waals surface area contributed by atoms with Gasteiger partial charge in [-0.25, -0.2) is 4.79 Å². The number of carbonyl (C=O) groups is 4. The maximum Gasteiger partial charge on any atom is 0.407 e. The van der Waals surface area contributed by atoms with Crippen LogP contribution in [0, 0.1) is 12.3 Å². The molecule has 0 spiro atoms. The van der Waals surface area contributed by atoms with Crippen LogP contribution in [0.4, 0.5) is 21.9 Å². The number of rotatable bonds is 19. The lowest BCUT2D eigenvalue weighted by molar-refractivity contribution is -0.433. The van der Waals surface area contributed by atoms with Crippen LogP contribution in [0.1, 0.15) is 56.8 Å². The van der Waals surface area contributed by atoms with E-state index in [0.717, 1.165) is 17.1 Å². The first-order chi connectivity index (χ1) is 22.9. The van der Waals surface area contributed by atoms with Crippen LogP contribution >= 0.6 is 21.6 Å². The number of carbonyl (C=O) groups excluding carboxylic acids is 4. The number of ether oxygens (including phenoxy) is 1. The lowest BCUT2D eigenvalue weighted by Gasteiger charge is -2.20. The molecule has 4 amide bonds. The molecule has 48 heavy (non-hydrogen) atoms. The van der Waals surface area contributed by atoms with Gasteiger partial charge in [-0.15, -0.1) is 6.42 Å². The van der Waals surface area contributed by atoms with E-state index < -0.39 is 17.7 Å². The molecule has 0 aliphatic rings. The van der Waals surface area contributed by atoms with Crippen LogP contribution in [0.3, 0.4) is 0 Å². The molecule has 14 heteroatoms. The summed E-state index contributed by atoms with van der Waals surface area (Å²) in [4.78, 5) is 51.4. The topological polar surface area (TPSA) is 155 Å². The van der Waals surface area contributed by atoms with E-state index in [-0.39, 0.29) is 30.7 Å². The second-order valence-corrected chi connectivity index (χ2v) is 14.5. The van der Waals surface area contributed by atoms with E-state index in [1.165, 1.54) is 10.8 Å². The molecule has 1 atom stereocenters. The van der Waals surface area contributed by atoms with Gasteiger partial charge in [0.2, 0.25) is 17.5 Å². The van der Waals surface area contributed by atoms with Gasteiger partial charge in [0.05, 0.1) is 6.54 Å². The molecule has 0 bridgehead atoms. The van der Waals surface area contributed by atoms with Crippen molar-refractivity contribution in [3.63, 3.8) is 0 Å². The Hall–Kier alpha value is -4.22. The van der Waals surface area contributed by atoms with Crippen LogP contribution in [0.2, 0.25) is 0 Å². The van der Waals surface area contributed by atoms with Crippen molar-refractivity contribution in [2.24, 2.45) is 5.11 Å². The molecule has 2 aromatic carbocycles. The number of anilines is 1. The van der Waals surface area contributed by atoms with Gasteiger partial charge in [0.25, 0.3) is 5.91 Å². The van der Waals surface area contributed by atoms with Gasteiger partial charge >= 0.3 is 6.09 Å². The number of amides is 4. The predicted octanol–water partition coefficient (Wildman–Crippen LogP) is 3.68. The largest absolute Gasteiger partial charge is 0.444 e. The quantitative estimate of drug-likeness (QED) is 0.0645. The van der Waals surface area contributed by atoms with Crippen molar-refractivity contribution in [1.82, 2.24) is 21.3 Å². The summed E-state index contributed by atoms with van der Waals surface area (Å²) in [5, 5.41) is 18.4. The van der Waals surface area contributed by atoms with Crippen LogP contribution < -0.4 is 31.3 Å². The van der Waals surface area contributed by atoms with Crippen molar-refractivity contribution < 1.29 is 29.0 Å². The molecule has 2 rings (SSSR count). The normalized spacial score (nSPS) is 11.7. The third kappa shape index (κ3) is 17.1. The van der Waals surface area contributed by atoms with E-state index in [4.69, 9.17) is 11.2 Å². The van der Waals surface area contributed by atoms with Gasteiger partial charge in [0.15, 0.2) is 0 Å². The highest BCUT2D eigenvalue weighted by atomic mass is 33.1. The summed E-state index contributed by atoms with van der Waals surface area (Å²) in [6, 6.07) is 14.2. The molecule has 2 aromatic rings. The molecule has 0 aliphatic heterocycles. The highest BCUT2D eigenvalue weighted by Gasteiger charge is 2.20. The summed E-state index contributed by atoms with van der Waals surface area (Å²) >= 11 is 0. The smallest absolute Gasteiger partial charge is 0.407 e. The summed E-state index contributed by atoms with van der Waals surface area (Å²) in [5.41, 5.74) is 2.63. The third-order valence-electron chi connectivity index (χ3n) is 6.40. The van der Waals surface area contributed by atoms with Crippen LogP contribution in [0.25, 0.3) is 0 Å². The molecule has 0 aromatic heterocycles. The Morgan fingerprint density at radius 1 is 0.938 bits per heavy atom. The van der Waals surface area contributed by atoms with E-state index in [1.807, 2.05) is 43.3 Å². The van der Waals surface area contributed by atoms with Crippen LogP contribution in [-0.4, -0.2) is 80.7 Å². The number of nitrogens with zero attached hydrogens (tertiary/aromatic N) is 2. The summed E-state index contributed by atoms with van der Waals surface area (Å²) in [6.45, 7) is 6.30. The average Bonchev–Trinajstić information content (AvgIpc) is 3.04. The Morgan fingerprint density at radius 3 is 2.27 bits per heavy atom.